The van der Waals surface area contributed by atoms with E-state index >= 15 is 35.1 Å². The third kappa shape index (κ3) is 7.45. The van der Waals surface area contributed by atoms with Gasteiger partial charge in [0.1, 0.15) is 98.1 Å². The molecule has 0 saturated carbocycles. The van der Waals surface area contributed by atoms with Crippen molar-refractivity contribution in [2.45, 2.75) is 14.7 Å². The molecule has 2 aromatic heterocycles. The van der Waals surface area contributed by atoms with E-state index in [-0.39, 0.29) is 22.7 Å². The van der Waals surface area contributed by atoms with Gasteiger partial charge < -0.3 is 28.9 Å². The minimum atomic E-state index is -0.960. The molecule has 6 aliphatic rings. The second-order valence-electron chi connectivity index (χ2n) is 22.3. The highest BCUT2D eigenvalue weighted by Gasteiger charge is 2.52. The van der Waals surface area contributed by atoms with Gasteiger partial charge in [0.25, 0.3) is 20.1 Å². The normalized spacial score (nSPS) is 14.1. The average molecular weight is 1270 g/mol. The quantitative estimate of drug-likeness (QED) is 0.0919. The number of anilines is 9. The van der Waals surface area contributed by atoms with Crippen molar-refractivity contribution >= 4 is 197 Å². The van der Waals surface area contributed by atoms with E-state index in [0.717, 1.165) is 26.5 Å². The number of thiophene rings is 2. The van der Waals surface area contributed by atoms with Crippen LogP contribution in [0.1, 0.15) is 0 Å². The number of thioether (sulfide) groups is 3. The molecular formula is C67H34B3F8N3O3S5. The number of ether oxygens (including phenoxy) is 3. The second kappa shape index (κ2) is 19.3. The van der Waals surface area contributed by atoms with E-state index in [4.69, 9.17) is 14.2 Å². The Morgan fingerprint density at radius 2 is 0.730 bits per heavy atom. The highest BCUT2D eigenvalue weighted by molar-refractivity contribution is 7.99. The molecule has 0 amide bonds. The lowest BCUT2D eigenvalue weighted by atomic mass is 9.30. The zero-order valence-electron chi connectivity index (χ0n) is 46.3. The Bertz CT molecular complexity index is 5180. The predicted molar refractivity (Wildman–Crippen MR) is 350 cm³/mol. The lowest BCUT2D eigenvalue weighted by Gasteiger charge is -2.46. The fourth-order valence-electron chi connectivity index (χ4n) is 14.2. The predicted octanol–water partition coefficient (Wildman–Crippen LogP) is 14.6. The summed E-state index contributed by atoms with van der Waals surface area (Å²) < 4.78 is 158. The molecule has 10 aromatic carbocycles. The Kier molecular flexibility index (Phi) is 11.6. The smallest absolute Gasteiger partial charge is 0.273 e. The van der Waals surface area contributed by atoms with Gasteiger partial charge in [-0.3, -0.25) is 0 Å². The van der Waals surface area contributed by atoms with Crippen molar-refractivity contribution in [3.05, 3.63) is 198 Å². The van der Waals surface area contributed by atoms with Gasteiger partial charge in [0.05, 0.1) is 0 Å². The summed E-state index contributed by atoms with van der Waals surface area (Å²) in [6.07, 6.45) is 5.61. The highest BCUT2D eigenvalue weighted by Crippen LogP contribution is 2.53. The summed E-state index contributed by atoms with van der Waals surface area (Å²) in [4.78, 5) is 6.55. The summed E-state index contributed by atoms with van der Waals surface area (Å²) in [5.74, 6) is -3.84. The molecule has 22 heteroatoms. The first-order chi connectivity index (χ1) is 43.3. The number of nitrogens with zero attached hydrogens (tertiary/aromatic N) is 3. The van der Waals surface area contributed by atoms with Crippen LogP contribution >= 0.6 is 58.0 Å². The van der Waals surface area contributed by atoms with Crippen LogP contribution in [0.4, 0.5) is 86.3 Å². The van der Waals surface area contributed by atoms with Crippen LogP contribution < -0.4 is 76.7 Å². The largest absolute Gasteiger partial charge is 0.458 e. The van der Waals surface area contributed by atoms with Gasteiger partial charge in [-0.1, -0.05) is 30.3 Å². The maximum absolute atomic E-state index is 17.4. The SMILES string of the molecule is CSc1cc2c3c(c1)Oc1c(sc4ccc(F)cc14)B3c1cc3c(cc1O2)N(c1c(F)cccc1F)c1cc(SC)cc2c1B3c1cc3c(cc1N2c1c(F)cccc1F)N(c1c(F)cccc1F)c1cc(SC)cc2c1B3c1sc3ccc(F)cc3c1O2. The minimum absolute atomic E-state index is 0.217. The Morgan fingerprint density at radius 1 is 0.348 bits per heavy atom. The summed E-state index contributed by atoms with van der Waals surface area (Å²) in [7, 11) is 0. The Hall–Kier alpha value is -8.40. The van der Waals surface area contributed by atoms with Crippen molar-refractivity contribution in [1.82, 2.24) is 0 Å². The Morgan fingerprint density at radius 3 is 1.20 bits per heavy atom. The summed E-state index contributed by atoms with van der Waals surface area (Å²) in [5, 5.41) is 1.09. The zero-order valence-corrected chi connectivity index (χ0v) is 50.4. The van der Waals surface area contributed by atoms with Crippen molar-refractivity contribution < 1.29 is 49.3 Å². The number of benzene rings is 10. The number of hydrogen-bond donors (Lipinski definition) is 0. The van der Waals surface area contributed by atoms with Gasteiger partial charge in [-0.2, -0.15) is 0 Å². The molecule has 0 spiro atoms. The maximum atomic E-state index is 17.4. The molecule has 0 unspecified atom stereocenters. The van der Waals surface area contributed by atoms with E-state index in [2.05, 4.69) is 0 Å². The first-order valence-corrected chi connectivity index (χ1v) is 33.3. The van der Waals surface area contributed by atoms with Crippen molar-refractivity contribution in [2.24, 2.45) is 0 Å². The fourth-order valence-corrected chi connectivity index (χ4v) is 18.1. The van der Waals surface area contributed by atoms with Crippen LogP contribution in [-0.2, 0) is 0 Å². The molecule has 0 saturated heterocycles. The van der Waals surface area contributed by atoms with Crippen LogP contribution in [-0.4, -0.2) is 38.9 Å². The van der Waals surface area contributed by atoms with E-state index in [9.17, 15) is 0 Å². The van der Waals surface area contributed by atoms with Gasteiger partial charge in [-0.15, -0.1) is 58.0 Å². The standard InChI is InChI=1S/C67H34B3F8N3O3S5/c1-85-31-19-49-58-50(20-31)81(63-44(77)11-6-12-45(63)78)48-28-52-39(70-60-54(82-52)23-33(87-3)24-55(60)84-65-35-18-30(72)14-16-57(35)89-67(65)70)26-37(48)68(58)36-25-38-47(27-46(36)79(49)61-40(73)7-4-8-41(61)74)80(62-42(75)9-5-10-43(62)76)51-21-32(86-2)22-53-59(51)69(38)66-64(83-53)34-17-29(71)13-15-56(34)88-66/h4-28H,1-3H3. The summed E-state index contributed by atoms with van der Waals surface area (Å²) in [6, 6.07) is 38.4. The van der Waals surface area contributed by atoms with Gasteiger partial charge >= 0.3 is 0 Å². The summed E-state index contributed by atoms with van der Waals surface area (Å²) in [5.41, 5.74) is 4.15. The first kappa shape index (κ1) is 53.6. The maximum Gasteiger partial charge on any atom is 0.273 e. The van der Waals surface area contributed by atoms with E-state index in [0.29, 0.717) is 114 Å². The van der Waals surface area contributed by atoms with Crippen LogP contribution in [0.15, 0.2) is 166 Å². The average Bonchev–Trinajstić information content (AvgIpc) is 1.29. The van der Waals surface area contributed by atoms with Crippen LogP contribution in [0.25, 0.3) is 20.2 Å². The number of hydrogen-bond acceptors (Lipinski definition) is 11. The minimum Gasteiger partial charge on any atom is -0.458 e. The first-order valence-electron chi connectivity index (χ1n) is 28.0. The van der Waals surface area contributed by atoms with Crippen LogP contribution in [0.2, 0.25) is 0 Å². The van der Waals surface area contributed by atoms with Crippen molar-refractivity contribution in [3.63, 3.8) is 0 Å². The van der Waals surface area contributed by atoms with Crippen LogP contribution in [0, 0.1) is 46.5 Å². The molecule has 0 N–H and O–H groups in total. The highest BCUT2D eigenvalue weighted by atomic mass is 32.2. The molecule has 0 fully saturated rings. The lowest BCUT2D eigenvalue weighted by molar-refractivity contribution is 0.465. The molecule has 0 bridgehead atoms. The Balaban J connectivity index is 0.996. The van der Waals surface area contributed by atoms with E-state index in [1.165, 1.54) is 139 Å². The van der Waals surface area contributed by atoms with Crippen LogP contribution in [0.3, 0.4) is 0 Å². The number of para-hydroxylation sites is 3. The molecule has 6 nitrogen and oxygen atoms in total. The van der Waals surface area contributed by atoms with Gasteiger partial charge in [0.15, 0.2) is 0 Å². The summed E-state index contributed by atoms with van der Waals surface area (Å²) >= 11 is 7.00. The molecular weight excluding hydrogens is 1240 g/mol. The molecule has 8 heterocycles. The fraction of sp³-hybridized carbons (Fsp3) is 0.0448. The van der Waals surface area contributed by atoms with Crippen molar-refractivity contribution in [3.8, 4) is 34.5 Å². The van der Waals surface area contributed by atoms with Crippen LogP contribution in [0.5, 0.6) is 34.5 Å². The molecule has 18 rings (SSSR count). The van der Waals surface area contributed by atoms with E-state index in [1.807, 2.05) is 61.2 Å². The zero-order chi connectivity index (χ0) is 60.3. The Labute approximate surface area is 523 Å². The molecule has 430 valence electrons. The monoisotopic (exact) mass is 1270 g/mol. The third-order valence-corrected chi connectivity index (χ3v) is 22.3. The van der Waals surface area contributed by atoms with Crippen molar-refractivity contribution in [1.29, 1.82) is 0 Å². The molecule has 0 aliphatic carbocycles. The number of fused-ring (bicyclic) bond motifs is 16. The van der Waals surface area contributed by atoms with Gasteiger partial charge in [0, 0.05) is 90.1 Å². The number of halogens is 8. The molecule has 0 atom stereocenters. The van der Waals surface area contributed by atoms with Gasteiger partial charge in [0.2, 0.25) is 0 Å². The number of rotatable bonds is 6. The third-order valence-electron chi connectivity index (χ3n) is 17.8. The van der Waals surface area contributed by atoms with Gasteiger partial charge in [-0.25, -0.2) is 35.1 Å². The molecule has 12 aromatic rings. The van der Waals surface area contributed by atoms with E-state index in [1.54, 1.807) is 30.3 Å². The van der Waals surface area contributed by atoms with E-state index < -0.39 is 83.7 Å². The topological polar surface area (TPSA) is 37.4 Å². The molecule has 6 aliphatic heterocycles. The summed E-state index contributed by atoms with van der Waals surface area (Å²) in [6.45, 7) is -2.33. The van der Waals surface area contributed by atoms with Crippen molar-refractivity contribution in [2.75, 3.05) is 33.5 Å². The molecule has 0 radical (unpaired) electrons. The molecule has 89 heavy (non-hydrogen) atoms. The lowest BCUT2D eigenvalue weighted by Crippen LogP contribution is -2.65. The van der Waals surface area contributed by atoms with Gasteiger partial charge in [-0.05, 0) is 167 Å². The second-order valence-corrected chi connectivity index (χ2v) is 27.1.